The van der Waals surface area contributed by atoms with Crippen molar-refractivity contribution in [3.8, 4) is 5.75 Å². The number of phenols is 1. The molecule has 1 fully saturated rings. The van der Waals surface area contributed by atoms with Gasteiger partial charge in [0.15, 0.2) is 0 Å². The third-order valence-electron chi connectivity index (χ3n) is 5.12. The van der Waals surface area contributed by atoms with Gasteiger partial charge in [0, 0.05) is 6.42 Å². The number of aromatic hydroxyl groups is 1. The van der Waals surface area contributed by atoms with Gasteiger partial charge in [0.1, 0.15) is 29.9 Å². The van der Waals surface area contributed by atoms with Crippen LogP contribution in [0, 0.1) is 0 Å². The number of phenolic OH excluding ortho intramolecular Hbond substituents is 1. The van der Waals surface area contributed by atoms with Crippen LogP contribution in [-0.2, 0) is 35.2 Å². The minimum atomic E-state index is -1.60. The molecule has 6 amide bonds. The summed E-state index contributed by atoms with van der Waals surface area (Å²) in [6.07, 6.45) is -0.776. The smallest absolute Gasteiger partial charge is 0.245 e. The largest absolute Gasteiger partial charge is 0.508 e. The second-order valence-electron chi connectivity index (χ2n) is 7.93. The fourth-order valence-electron chi connectivity index (χ4n) is 3.23. The summed E-state index contributed by atoms with van der Waals surface area (Å²) >= 11 is 0. The number of aliphatic hydroxyl groups excluding tert-OH is 2. The summed E-state index contributed by atoms with van der Waals surface area (Å²) in [5, 5.41) is 39.8. The van der Waals surface area contributed by atoms with Gasteiger partial charge < -0.3 is 47.6 Å². The van der Waals surface area contributed by atoms with E-state index < -0.39 is 85.8 Å². The molecule has 1 aliphatic heterocycles. The first-order valence-electron chi connectivity index (χ1n) is 10.8. The Bertz CT molecular complexity index is 1000. The van der Waals surface area contributed by atoms with Crippen LogP contribution in [0.15, 0.2) is 24.3 Å². The number of primary amides is 1. The zero-order chi connectivity index (χ0) is 26.8. The molecule has 1 aliphatic rings. The molecular weight excluding hydrogens is 480 g/mol. The van der Waals surface area contributed by atoms with E-state index in [2.05, 4.69) is 26.6 Å². The molecule has 0 aliphatic carbocycles. The highest BCUT2D eigenvalue weighted by atomic mass is 16.3. The number of carbonyl (C=O) groups excluding carboxylic acids is 6. The molecule has 1 heterocycles. The quantitative estimate of drug-likeness (QED) is 0.178. The summed E-state index contributed by atoms with van der Waals surface area (Å²) in [6.45, 7) is -2.41. The number of amides is 6. The SMILES string of the molecule is NC(=O)CC1NC(=O)C(CO)NC(=O)C(Cc2ccc(O)cc2)NC(=O)CNC(=O)C(CO)NC1=O. The summed E-state index contributed by atoms with van der Waals surface area (Å²) in [7, 11) is 0. The van der Waals surface area contributed by atoms with Gasteiger partial charge in [-0.2, -0.15) is 0 Å². The molecule has 0 spiro atoms. The summed E-state index contributed by atoms with van der Waals surface area (Å²) in [5.74, 6) is -5.75. The molecule has 1 aromatic rings. The predicted octanol–water partition coefficient (Wildman–Crippen LogP) is -5.14. The van der Waals surface area contributed by atoms with Gasteiger partial charge >= 0.3 is 0 Å². The molecule has 0 bridgehead atoms. The van der Waals surface area contributed by atoms with E-state index in [9.17, 15) is 44.1 Å². The molecule has 10 N–H and O–H groups in total. The van der Waals surface area contributed by atoms with Gasteiger partial charge in [-0.3, -0.25) is 28.8 Å². The van der Waals surface area contributed by atoms with E-state index in [4.69, 9.17) is 5.73 Å². The molecule has 2 rings (SSSR count). The average molecular weight is 508 g/mol. The third-order valence-corrected chi connectivity index (χ3v) is 5.12. The number of nitrogens with two attached hydrogens (primary N) is 1. The van der Waals surface area contributed by atoms with E-state index in [1.807, 2.05) is 0 Å². The molecule has 1 aromatic carbocycles. The van der Waals surface area contributed by atoms with Crippen molar-refractivity contribution in [3.05, 3.63) is 29.8 Å². The normalized spacial score (nSPS) is 24.2. The predicted molar refractivity (Wildman–Crippen MR) is 121 cm³/mol. The minimum absolute atomic E-state index is 0.0267. The third kappa shape index (κ3) is 8.21. The van der Waals surface area contributed by atoms with Gasteiger partial charge in [0.25, 0.3) is 0 Å². The summed E-state index contributed by atoms with van der Waals surface area (Å²) < 4.78 is 0. The highest BCUT2D eigenvalue weighted by molar-refractivity contribution is 5.98. The van der Waals surface area contributed by atoms with Gasteiger partial charge in [-0.15, -0.1) is 0 Å². The van der Waals surface area contributed by atoms with Crippen molar-refractivity contribution in [2.75, 3.05) is 19.8 Å². The second-order valence-corrected chi connectivity index (χ2v) is 7.93. The number of benzene rings is 1. The van der Waals surface area contributed by atoms with Crippen LogP contribution in [0.2, 0.25) is 0 Å². The highest BCUT2D eigenvalue weighted by Gasteiger charge is 2.32. The number of hydrogen-bond acceptors (Lipinski definition) is 9. The molecule has 0 aromatic heterocycles. The van der Waals surface area contributed by atoms with Crippen molar-refractivity contribution in [1.82, 2.24) is 26.6 Å². The Morgan fingerprint density at radius 1 is 0.778 bits per heavy atom. The van der Waals surface area contributed by atoms with E-state index in [0.717, 1.165) is 0 Å². The summed E-state index contributed by atoms with van der Waals surface area (Å²) in [4.78, 5) is 74.4. The number of rotatable bonds is 6. The van der Waals surface area contributed by atoms with Gasteiger partial charge in [0.05, 0.1) is 26.2 Å². The Kier molecular flexibility index (Phi) is 10.1. The lowest BCUT2D eigenvalue weighted by molar-refractivity contribution is -0.135. The Morgan fingerprint density at radius 3 is 1.83 bits per heavy atom. The van der Waals surface area contributed by atoms with Crippen molar-refractivity contribution >= 4 is 35.4 Å². The molecular formula is C21H28N6O9. The van der Waals surface area contributed by atoms with E-state index >= 15 is 0 Å². The fourth-order valence-corrected chi connectivity index (χ4v) is 3.23. The van der Waals surface area contributed by atoms with Crippen LogP contribution in [0.3, 0.4) is 0 Å². The monoisotopic (exact) mass is 508 g/mol. The molecule has 15 heteroatoms. The number of hydrogen-bond donors (Lipinski definition) is 9. The molecule has 1 saturated heterocycles. The number of carbonyl (C=O) groups is 6. The Morgan fingerprint density at radius 2 is 1.28 bits per heavy atom. The van der Waals surface area contributed by atoms with Crippen LogP contribution in [0.1, 0.15) is 12.0 Å². The maximum Gasteiger partial charge on any atom is 0.245 e. The zero-order valence-corrected chi connectivity index (χ0v) is 19.0. The molecule has 4 atom stereocenters. The van der Waals surface area contributed by atoms with Gasteiger partial charge in [-0.1, -0.05) is 12.1 Å². The first-order chi connectivity index (χ1) is 17.0. The lowest BCUT2D eigenvalue weighted by atomic mass is 10.0. The van der Waals surface area contributed by atoms with E-state index in [1.54, 1.807) is 0 Å². The lowest BCUT2D eigenvalue weighted by Crippen LogP contribution is -2.59. The van der Waals surface area contributed by atoms with Crippen LogP contribution in [-0.4, -0.2) is 94.7 Å². The van der Waals surface area contributed by atoms with Gasteiger partial charge in [0.2, 0.25) is 35.4 Å². The van der Waals surface area contributed by atoms with E-state index in [-0.39, 0.29) is 12.2 Å². The number of aliphatic hydroxyl groups is 2. The standard InChI is InChI=1S/C21H28N6O9/c22-16(31)6-13-20(35)26-14(8-28)18(33)23-7-17(32)24-12(5-10-1-3-11(30)4-2-10)19(34)27-15(9-29)21(36)25-13/h1-4,12-15,28-30H,5-9H2,(H2,22,31)(H,23,33)(H,24,32)(H,25,36)(H,26,35)(H,27,34). The van der Waals surface area contributed by atoms with Crippen LogP contribution >= 0.6 is 0 Å². The van der Waals surface area contributed by atoms with Crippen LogP contribution in [0.5, 0.6) is 5.75 Å². The molecule has 36 heavy (non-hydrogen) atoms. The minimum Gasteiger partial charge on any atom is -0.508 e. The number of nitrogens with one attached hydrogen (secondary N) is 5. The molecule has 0 radical (unpaired) electrons. The molecule has 196 valence electrons. The van der Waals surface area contributed by atoms with Crippen LogP contribution in [0.4, 0.5) is 0 Å². The maximum absolute atomic E-state index is 12.9. The average Bonchev–Trinajstić information content (AvgIpc) is 2.83. The second kappa shape index (κ2) is 13.0. The van der Waals surface area contributed by atoms with Crippen molar-refractivity contribution in [2.45, 2.75) is 37.0 Å². The summed E-state index contributed by atoms with van der Waals surface area (Å²) in [5.41, 5.74) is 5.66. The van der Waals surface area contributed by atoms with Crippen LogP contribution in [0.25, 0.3) is 0 Å². The van der Waals surface area contributed by atoms with Gasteiger partial charge in [-0.25, -0.2) is 0 Å². The molecule has 4 unspecified atom stereocenters. The lowest BCUT2D eigenvalue weighted by Gasteiger charge is -2.24. The summed E-state index contributed by atoms with van der Waals surface area (Å²) in [6, 6.07) is -0.267. The Balaban J connectivity index is 2.37. The molecule has 0 saturated carbocycles. The highest BCUT2D eigenvalue weighted by Crippen LogP contribution is 2.12. The van der Waals surface area contributed by atoms with Gasteiger partial charge in [-0.05, 0) is 17.7 Å². The topological polar surface area (TPSA) is 249 Å². The maximum atomic E-state index is 12.9. The Labute approximate surface area is 204 Å². The van der Waals surface area contributed by atoms with Crippen molar-refractivity contribution in [2.24, 2.45) is 5.73 Å². The zero-order valence-electron chi connectivity index (χ0n) is 19.0. The first-order valence-corrected chi connectivity index (χ1v) is 10.8. The van der Waals surface area contributed by atoms with Crippen molar-refractivity contribution < 1.29 is 44.1 Å². The first kappa shape index (κ1) is 28.0. The van der Waals surface area contributed by atoms with Crippen LogP contribution < -0.4 is 32.3 Å². The fraction of sp³-hybridized carbons (Fsp3) is 0.429. The van der Waals surface area contributed by atoms with Crippen molar-refractivity contribution in [3.63, 3.8) is 0 Å². The Hall–Kier alpha value is -4.24. The van der Waals surface area contributed by atoms with Crippen molar-refractivity contribution in [1.29, 1.82) is 0 Å². The van der Waals surface area contributed by atoms with E-state index in [1.165, 1.54) is 24.3 Å². The molecule has 15 nitrogen and oxygen atoms in total. The van der Waals surface area contributed by atoms with E-state index in [0.29, 0.717) is 5.56 Å².